The quantitative estimate of drug-likeness (QED) is 0.533. The lowest BCUT2D eigenvalue weighted by Crippen LogP contribution is -2.45. The van der Waals surface area contributed by atoms with Gasteiger partial charge >= 0.3 is 0 Å². The van der Waals surface area contributed by atoms with Crippen molar-refractivity contribution < 1.29 is 4.79 Å². The second-order valence-electron chi connectivity index (χ2n) is 9.86. The standard InChI is InChI=1S/C27H33N5O/c1-19(2)31-13-15-32(16-14-31)21-9-7-20(8-10-21)23-18-29-26-24(30-23)22(17-28-26)25(33)27(3)11-5-4-6-12-27/h7-10,17-18H,1,4-6,11-16H2,2-3H3,(H,28,29). The number of hydrogen-bond donors (Lipinski definition) is 1. The van der Waals surface area contributed by atoms with Crippen LogP contribution in [0.15, 0.2) is 48.9 Å². The highest BCUT2D eigenvalue weighted by atomic mass is 16.1. The molecule has 0 unspecified atom stereocenters. The average Bonchev–Trinajstić information content (AvgIpc) is 3.27. The van der Waals surface area contributed by atoms with Crippen molar-refractivity contribution in [3.8, 4) is 11.3 Å². The Morgan fingerprint density at radius 3 is 2.42 bits per heavy atom. The number of piperazine rings is 1. The predicted octanol–water partition coefficient (Wildman–Crippen LogP) is 5.43. The van der Waals surface area contributed by atoms with Gasteiger partial charge in [0, 0.05) is 54.7 Å². The molecule has 1 aromatic carbocycles. The lowest BCUT2D eigenvalue weighted by molar-refractivity contribution is 0.0751. The molecule has 0 amide bonds. The van der Waals surface area contributed by atoms with Crippen LogP contribution in [0.1, 0.15) is 56.3 Å². The van der Waals surface area contributed by atoms with E-state index in [2.05, 4.69) is 64.5 Å². The Morgan fingerprint density at radius 2 is 1.76 bits per heavy atom. The smallest absolute Gasteiger partial charge is 0.172 e. The number of ketones is 1. The molecular weight excluding hydrogens is 410 g/mol. The maximum absolute atomic E-state index is 13.4. The van der Waals surface area contributed by atoms with E-state index in [1.165, 1.54) is 12.1 Å². The van der Waals surface area contributed by atoms with Crippen LogP contribution in [0.5, 0.6) is 0 Å². The van der Waals surface area contributed by atoms with Gasteiger partial charge in [-0.15, -0.1) is 0 Å². The lowest BCUT2D eigenvalue weighted by atomic mass is 9.71. The first-order valence-electron chi connectivity index (χ1n) is 12.1. The molecule has 3 aromatic rings. The number of fused-ring (bicyclic) bond motifs is 1. The number of aromatic amines is 1. The Kier molecular flexibility index (Phi) is 5.69. The number of allylic oxidation sites excluding steroid dienone is 1. The van der Waals surface area contributed by atoms with Crippen LogP contribution < -0.4 is 4.90 Å². The van der Waals surface area contributed by atoms with Crippen molar-refractivity contribution in [2.75, 3.05) is 31.1 Å². The van der Waals surface area contributed by atoms with Gasteiger partial charge in [0.1, 0.15) is 5.52 Å². The molecule has 172 valence electrons. The number of nitrogens with zero attached hydrogens (tertiary/aromatic N) is 4. The van der Waals surface area contributed by atoms with E-state index in [1.54, 1.807) is 12.4 Å². The Hall–Kier alpha value is -3.15. The maximum Gasteiger partial charge on any atom is 0.172 e. The number of benzene rings is 1. The number of carbonyl (C=O) groups is 1. The zero-order valence-corrected chi connectivity index (χ0v) is 19.7. The lowest BCUT2D eigenvalue weighted by Gasteiger charge is -2.37. The van der Waals surface area contributed by atoms with Crippen molar-refractivity contribution in [1.82, 2.24) is 19.9 Å². The van der Waals surface area contributed by atoms with Crippen LogP contribution in [0.4, 0.5) is 5.69 Å². The molecule has 0 bridgehead atoms. The van der Waals surface area contributed by atoms with Crippen LogP contribution in [0.25, 0.3) is 22.4 Å². The highest BCUT2D eigenvalue weighted by Gasteiger charge is 2.36. The largest absolute Gasteiger partial charge is 0.372 e. The zero-order valence-electron chi connectivity index (χ0n) is 19.7. The van der Waals surface area contributed by atoms with Crippen molar-refractivity contribution >= 4 is 22.6 Å². The summed E-state index contributed by atoms with van der Waals surface area (Å²) >= 11 is 0. The first-order chi connectivity index (χ1) is 15.9. The summed E-state index contributed by atoms with van der Waals surface area (Å²) in [4.78, 5) is 30.8. The molecule has 0 spiro atoms. The molecule has 6 heteroatoms. The van der Waals surface area contributed by atoms with E-state index in [9.17, 15) is 4.79 Å². The molecule has 2 aliphatic rings. The minimum Gasteiger partial charge on any atom is -0.372 e. The third-order valence-electron chi connectivity index (χ3n) is 7.48. The van der Waals surface area contributed by atoms with Gasteiger partial charge in [0.15, 0.2) is 11.4 Å². The molecule has 1 aliphatic heterocycles. The van der Waals surface area contributed by atoms with E-state index in [-0.39, 0.29) is 11.2 Å². The normalized spacial score (nSPS) is 18.5. The minimum absolute atomic E-state index is 0.198. The SMILES string of the molecule is C=C(C)N1CCN(c2ccc(-c3cnc4[nH]cc(C(=O)C5(C)CCCCC5)c4n3)cc2)CC1. The molecule has 1 N–H and O–H groups in total. The molecule has 3 heterocycles. The topological polar surface area (TPSA) is 65.1 Å². The third-order valence-corrected chi connectivity index (χ3v) is 7.48. The van der Waals surface area contributed by atoms with Crippen LogP contribution in [0, 0.1) is 5.41 Å². The van der Waals surface area contributed by atoms with Crippen molar-refractivity contribution in [3.63, 3.8) is 0 Å². The monoisotopic (exact) mass is 443 g/mol. The van der Waals surface area contributed by atoms with E-state index < -0.39 is 0 Å². The van der Waals surface area contributed by atoms with Crippen molar-refractivity contribution in [1.29, 1.82) is 0 Å². The fourth-order valence-electron chi connectivity index (χ4n) is 5.28. The summed E-state index contributed by atoms with van der Waals surface area (Å²) in [5.74, 6) is 0.198. The van der Waals surface area contributed by atoms with Gasteiger partial charge in [-0.2, -0.15) is 0 Å². The van der Waals surface area contributed by atoms with Gasteiger partial charge in [-0.25, -0.2) is 9.97 Å². The van der Waals surface area contributed by atoms with Crippen LogP contribution >= 0.6 is 0 Å². The van der Waals surface area contributed by atoms with Crippen LogP contribution in [0.2, 0.25) is 0 Å². The van der Waals surface area contributed by atoms with E-state index in [0.29, 0.717) is 16.7 Å². The fourth-order valence-corrected chi connectivity index (χ4v) is 5.28. The molecule has 33 heavy (non-hydrogen) atoms. The molecule has 0 radical (unpaired) electrons. The highest BCUT2D eigenvalue weighted by Crippen LogP contribution is 2.39. The van der Waals surface area contributed by atoms with Gasteiger partial charge in [-0.3, -0.25) is 4.79 Å². The molecule has 2 fully saturated rings. The number of hydrogen-bond acceptors (Lipinski definition) is 5. The summed E-state index contributed by atoms with van der Waals surface area (Å²) in [5.41, 5.74) is 5.91. The average molecular weight is 444 g/mol. The summed E-state index contributed by atoms with van der Waals surface area (Å²) in [5, 5.41) is 0. The Morgan fingerprint density at radius 1 is 1.06 bits per heavy atom. The number of Topliss-reactive ketones (excluding diaryl/α,β-unsaturated/α-hetero) is 1. The maximum atomic E-state index is 13.4. The second-order valence-corrected chi connectivity index (χ2v) is 9.86. The molecule has 1 aliphatic carbocycles. The molecule has 2 aromatic heterocycles. The number of carbonyl (C=O) groups excluding carboxylic acids is 1. The Bertz CT molecular complexity index is 1160. The highest BCUT2D eigenvalue weighted by molar-refractivity contribution is 6.08. The number of aromatic nitrogens is 3. The summed E-state index contributed by atoms with van der Waals surface area (Å²) in [6.45, 7) is 12.2. The first-order valence-corrected chi connectivity index (χ1v) is 12.1. The molecule has 5 rings (SSSR count). The number of nitrogens with one attached hydrogen (secondary N) is 1. The van der Waals surface area contributed by atoms with E-state index in [1.807, 2.05) is 0 Å². The van der Waals surface area contributed by atoms with Gasteiger partial charge < -0.3 is 14.8 Å². The molecule has 6 nitrogen and oxygen atoms in total. The Balaban J connectivity index is 1.37. The van der Waals surface area contributed by atoms with E-state index in [0.717, 1.165) is 68.8 Å². The zero-order chi connectivity index (χ0) is 23.0. The summed E-state index contributed by atoms with van der Waals surface area (Å²) in [7, 11) is 0. The fraction of sp³-hybridized carbons (Fsp3) is 0.444. The minimum atomic E-state index is -0.291. The van der Waals surface area contributed by atoms with Crippen molar-refractivity contribution in [2.24, 2.45) is 5.41 Å². The summed E-state index contributed by atoms with van der Waals surface area (Å²) in [6.07, 6.45) is 8.95. The van der Waals surface area contributed by atoms with Gasteiger partial charge in [0.25, 0.3) is 0 Å². The van der Waals surface area contributed by atoms with Crippen molar-refractivity contribution in [3.05, 3.63) is 54.5 Å². The van der Waals surface area contributed by atoms with Gasteiger partial charge in [-0.05, 0) is 31.9 Å². The predicted molar refractivity (Wildman–Crippen MR) is 133 cm³/mol. The van der Waals surface area contributed by atoms with Crippen LogP contribution in [0.3, 0.4) is 0 Å². The van der Waals surface area contributed by atoms with E-state index >= 15 is 0 Å². The first kappa shape index (κ1) is 21.7. The number of rotatable bonds is 5. The molecule has 1 saturated heterocycles. The van der Waals surface area contributed by atoms with Crippen LogP contribution in [-0.4, -0.2) is 51.8 Å². The van der Waals surface area contributed by atoms with Gasteiger partial charge in [0.2, 0.25) is 0 Å². The second kappa shape index (κ2) is 8.65. The third kappa shape index (κ3) is 4.14. The molecule has 1 saturated carbocycles. The van der Waals surface area contributed by atoms with Gasteiger partial charge in [0.05, 0.1) is 17.5 Å². The van der Waals surface area contributed by atoms with Gasteiger partial charge in [-0.1, -0.05) is 44.9 Å². The number of anilines is 1. The summed E-state index contributed by atoms with van der Waals surface area (Å²) < 4.78 is 0. The van der Waals surface area contributed by atoms with Crippen molar-refractivity contribution in [2.45, 2.75) is 46.0 Å². The number of H-pyrrole nitrogens is 1. The molecule has 0 atom stereocenters. The summed E-state index contributed by atoms with van der Waals surface area (Å²) in [6, 6.07) is 8.52. The van der Waals surface area contributed by atoms with Crippen LogP contribution in [-0.2, 0) is 0 Å². The van der Waals surface area contributed by atoms with E-state index in [4.69, 9.17) is 4.98 Å². The Labute approximate surface area is 195 Å². The molecular formula is C27H33N5O.